The highest BCUT2D eigenvalue weighted by molar-refractivity contribution is 5.83. The van der Waals surface area contributed by atoms with Crippen molar-refractivity contribution in [2.45, 2.75) is 38.8 Å². The first-order valence-electron chi connectivity index (χ1n) is 8.84. The second kappa shape index (κ2) is 7.28. The van der Waals surface area contributed by atoms with Crippen molar-refractivity contribution in [2.24, 2.45) is 0 Å². The van der Waals surface area contributed by atoms with Gasteiger partial charge in [-0.3, -0.25) is 4.90 Å². The van der Waals surface area contributed by atoms with Gasteiger partial charge < -0.3 is 10.4 Å². The first-order chi connectivity index (χ1) is 12.0. The molecule has 0 amide bonds. The van der Waals surface area contributed by atoms with Crippen molar-refractivity contribution in [1.29, 1.82) is 0 Å². The van der Waals surface area contributed by atoms with Crippen LogP contribution in [0.5, 0.6) is 0 Å². The predicted molar refractivity (Wildman–Crippen MR) is 101 cm³/mol. The number of aryl methyl sites for hydroxylation is 2. The van der Waals surface area contributed by atoms with Crippen LogP contribution in [-0.2, 0) is 11.3 Å². The zero-order valence-electron chi connectivity index (χ0n) is 15.0. The summed E-state index contributed by atoms with van der Waals surface area (Å²) in [5.74, 6) is -0.758. The molecule has 0 bridgehead atoms. The number of benzene rings is 2. The van der Waals surface area contributed by atoms with Crippen molar-refractivity contribution < 1.29 is 9.90 Å². The van der Waals surface area contributed by atoms with Gasteiger partial charge in [0.15, 0.2) is 0 Å². The normalized spacial score (nSPS) is 17.2. The molecule has 1 aliphatic heterocycles. The number of rotatable bonds is 5. The minimum Gasteiger partial charge on any atom is -0.480 e. The van der Waals surface area contributed by atoms with E-state index in [0.29, 0.717) is 12.8 Å². The number of hydrogen-bond donors (Lipinski definition) is 2. The van der Waals surface area contributed by atoms with Gasteiger partial charge in [0.25, 0.3) is 0 Å². The lowest BCUT2D eigenvalue weighted by atomic mass is 9.86. The molecule has 2 N–H and O–H groups in total. The molecule has 132 valence electrons. The Bertz CT molecular complexity index is 749. The van der Waals surface area contributed by atoms with Crippen LogP contribution in [0.1, 0.15) is 29.5 Å². The molecule has 3 rings (SSSR count). The van der Waals surface area contributed by atoms with E-state index in [1.807, 2.05) is 31.2 Å². The van der Waals surface area contributed by atoms with Crippen molar-refractivity contribution in [3.63, 3.8) is 0 Å². The highest BCUT2D eigenvalue weighted by Gasteiger charge is 2.41. The fourth-order valence-electron chi connectivity index (χ4n) is 3.48. The second-order valence-corrected chi connectivity index (χ2v) is 7.03. The highest BCUT2D eigenvalue weighted by atomic mass is 16.4. The van der Waals surface area contributed by atoms with E-state index in [1.165, 1.54) is 11.1 Å². The zero-order chi connectivity index (χ0) is 17.9. The van der Waals surface area contributed by atoms with Crippen molar-refractivity contribution in [3.8, 4) is 0 Å². The van der Waals surface area contributed by atoms with Gasteiger partial charge in [0.05, 0.1) is 0 Å². The quantitative estimate of drug-likeness (QED) is 0.870. The number of carboxylic acid groups (broad SMARTS) is 1. The molecule has 1 saturated heterocycles. The topological polar surface area (TPSA) is 52.6 Å². The molecule has 2 aromatic rings. The second-order valence-electron chi connectivity index (χ2n) is 7.03. The fraction of sp³-hybridized carbons (Fsp3) is 0.381. The molecule has 1 heterocycles. The lowest BCUT2D eigenvalue weighted by molar-refractivity contribution is -0.144. The lowest BCUT2D eigenvalue weighted by Crippen LogP contribution is -2.54. The maximum atomic E-state index is 12.0. The van der Waals surface area contributed by atoms with Gasteiger partial charge in [-0.15, -0.1) is 0 Å². The van der Waals surface area contributed by atoms with Gasteiger partial charge in [-0.05, 0) is 49.4 Å². The number of likely N-dealkylation sites (tertiary alicyclic amines) is 1. The molecule has 0 spiro atoms. The van der Waals surface area contributed by atoms with Crippen molar-refractivity contribution in [1.82, 2.24) is 4.90 Å². The first-order valence-corrected chi connectivity index (χ1v) is 8.84. The Kier molecular flexibility index (Phi) is 5.09. The Labute approximate surface area is 149 Å². The van der Waals surface area contributed by atoms with Crippen LogP contribution in [0, 0.1) is 13.8 Å². The van der Waals surface area contributed by atoms with Gasteiger partial charge >= 0.3 is 5.97 Å². The number of piperidine rings is 1. The molecule has 1 aliphatic rings. The molecule has 4 heteroatoms. The molecule has 2 aromatic carbocycles. The van der Waals surface area contributed by atoms with Gasteiger partial charge in [-0.2, -0.15) is 0 Å². The predicted octanol–water partition coefficient (Wildman–Crippen LogP) is 3.83. The number of aliphatic carboxylic acids is 1. The summed E-state index contributed by atoms with van der Waals surface area (Å²) < 4.78 is 0. The standard InChI is InChI=1S/C21H26N2O2/c1-16-7-3-5-9-18(16)15-23-13-11-21(12-14-23,20(24)25)22-19-10-6-4-8-17(19)2/h3-10,22H,11-15H2,1-2H3,(H,24,25). The molecular weight excluding hydrogens is 312 g/mol. The molecule has 1 fully saturated rings. The van der Waals surface area contributed by atoms with E-state index in [1.54, 1.807) is 0 Å². The van der Waals surface area contributed by atoms with Crippen molar-refractivity contribution in [3.05, 3.63) is 65.2 Å². The molecule has 0 aromatic heterocycles. The molecule has 4 nitrogen and oxygen atoms in total. The molecule has 0 aliphatic carbocycles. The Balaban J connectivity index is 1.70. The monoisotopic (exact) mass is 338 g/mol. The fourth-order valence-corrected chi connectivity index (χ4v) is 3.48. The van der Waals surface area contributed by atoms with E-state index >= 15 is 0 Å². The van der Waals surface area contributed by atoms with Crippen LogP contribution in [-0.4, -0.2) is 34.6 Å². The summed E-state index contributed by atoms with van der Waals surface area (Å²) in [5, 5.41) is 13.2. The number of nitrogens with one attached hydrogen (secondary N) is 1. The molecular formula is C21H26N2O2. The molecule has 0 radical (unpaired) electrons. The number of anilines is 1. The van der Waals surface area contributed by atoms with Crippen LogP contribution >= 0.6 is 0 Å². The van der Waals surface area contributed by atoms with E-state index in [0.717, 1.165) is 30.9 Å². The molecule has 0 atom stereocenters. The maximum absolute atomic E-state index is 12.0. The summed E-state index contributed by atoms with van der Waals surface area (Å²) in [4.78, 5) is 14.4. The summed E-state index contributed by atoms with van der Waals surface area (Å²) in [6.07, 6.45) is 1.20. The summed E-state index contributed by atoms with van der Waals surface area (Å²) in [6, 6.07) is 16.3. The van der Waals surface area contributed by atoms with Crippen LogP contribution < -0.4 is 5.32 Å². The summed E-state index contributed by atoms with van der Waals surface area (Å²) in [7, 11) is 0. The van der Waals surface area contributed by atoms with Crippen LogP contribution in [0.4, 0.5) is 5.69 Å². The zero-order valence-corrected chi connectivity index (χ0v) is 15.0. The average Bonchev–Trinajstić information content (AvgIpc) is 2.60. The summed E-state index contributed by atoms with van der Waals surface area (Å²) >= 11 is 0. The van der Waals surface area contributed by atoms with Gasteiger partial charge in [0.2, 0.25) is 0 Å². The summed E-state index contributed by atoms with van der Waals surface area (Å²) in [5.41, 5.74) is 3.71. The van der Waals surface area contributed by atoms with Gasteiger partial charge in [0, 0.05) is 25.3 Å². The third kappa shape index (κ3) is 3.85. The SMILES string of the molecule is Cc1ccccc1CN1CCC(Nc2ccccc2C)(C(=O)O)CC1. The Morgan fingerprint density at radius 2 is 1.64 bits per heavy atom. The van der Waals surface area contributed by atoms with E-state index in [-0.39, 0.29) is 0 Å². The number of para-hydroxylation sites is 1. The Morgan fingerprint density at radius 1 is 1.04 bits per heavy atom. The van der Waals surface area contributed by atoms with Crippen molar-refractivity contribution in [2.75, 3.05) is 18.4 Å². The van der Waals surface area contributed by atoms with Crippen LogP contribution in [0.25, 0.3) is 0 Å². The van der Waals surface area contributed by atoms with Gasteiger partial charge in [-0.1, -0.05) is 42.5 Å². The first kappa shape index (κ1) is 17.5. The Hall–Kier alpha value is -2.33. The minimum absolute atomic E-state index is 0.600. The summed E-state index contributed by atoms with van der Waals surface area (Å²) in [6.45, 7) is 6.57. The van der Waals surface area contributed by atoms with Gasteiger partial charge in [-0.25, -0.2) is 4.79 Å². The third-order valence-electron chi connectivity index (χ3n) is 5.29. The molecule has 0 saturated carbocycles. The average molecular weight is 338 g/mol. The third-order valence-corrected chi connectivity index (χ3v) is 5.29. The highest BCUT2D eigenvalue weighted by Crippen LogP contribution is 2.30. The Morgan fingerprint density at radius 3 is 2.24 bits per heavy atom. The van der Waals surface area contributed by atoms with Crippen LogP contribution in [0.15, 0.2) is 48.5 Å². The number of hydrogen-bond acceptors (Lipinski definition) is 3. The number of nitrogens with zero attached hydrogens (tertiary/aromatic N) is 1. The minimum atomic E-state index is -0.881. The van der Waals surface area contributed by atoms with E-state index in [2.05, 4.69) is 41.4 Å². The molecule has 0 unspecified atom stereocenters. The van der Waals surface area contributed by atoms with Crippen LogP contribution in [0.2, 0.25) is 0 Å². The van der Waals surface area contributed by atoms with Crippen molar-refractivity contribution >= 4 is 11.7 Å². The maximum Gasteiger partial charge on any atom is 0.329 e. The largest absolute Gasteiger partial charge is 0.480 e. The van der Waals surface area contributed by atoms with E-state index in [9.17, 15) is 9.90 Å². The molecule has 25 heavy (non-hydrogen) atoms. The smallest absolute Gasteiger partial charge is 0.329 e. The van der Waals surface area contributed by atoms with Gasteiger partial charge in [0.1, 0.15) is 5.54 Å². The number of carboxylic acids is 1. The van der Waals surface area contributed by atoms with E-state index < -0.39 is 11.5 Å². The lowest BCUT2D eigenvalue weighted by Gasteiger charge is -2.40. The van der Waals surface area contributed by atoms with Crippen LogP contribution in [0.3, 0.4) is 0 Å². The number of carbonyl (C=O) groups is 1. The van der Waals surface area contributed by atoms with E-state index in [4.69, 9.17) is 0 Å².